The summed E-state index contributed by atoms with van der Waals surface area (Å²) in [6, 6.07) is 1.23. The van der Waals surface area contributed by atoms with Gasteiger partial charge in [-0.3, -0.25) is 0 Å². The van der Waals surface area contributed by atoms with E-state index in [2.05, 4.69) is 25.5 Å². The maximum atomic E-state index is 12.8. The molecule has 0 atom stereocenters. The first-order chi connectivity index (χ1) is 7.79. The number of hydrogen-bond donors (Lipinski definition) is 1. The molecule has 0 radical (unpaired) electrons. The van der Waals surface area contributed by atoms with Crippen molar-refractivity contribution in [3.63, 3.8) is 0 Å². The Morgan fingerprint density at radius 1 is 1.44 bits per heavy atom. The fraction of sp³-hybridized carbons (Fsp3) is 0.333. The molecular formula is C9H11FN6. The molecule has 16 heavy (non-hydrogen) atoms. The van der Waals surface area contributed by atoms with Crippen LogP contribution in [0.5, 0.6) is 0 Å². The van der Waals surface area contributed by atoms with E-state index in [1.165, 1.54) is 12.4 Å². The number of rotatable bonds is 4. The lowest BCUT2D eigenvalue weighted by Gasteiger charge is -2.05. The van der Waals surface area contributed by atoms with Gasteiger partial charge in [0, 0.05) is 12.6 Å². The highest BCUT2D eigenvalue weighted by molar-refractivity contribution is 5.32. The largest absolute Gasteiger partial charge is 0.363 e. The third-order valence-corrected chi connectivity index (χ3v) is 2.10. The van der Waals surface area contributed by atoms with E-state index in [-0.39, 0.29) is 0 Å². The van der Waals surface area contributed by atoms with E-state index in [4.69, 9.17) is 0 Å². The molecule has 0 unspecified atom stereocenters. The first-order valence-electron chi connectivity index (χ1n) is 4.87. The zero-order valence-electron chi connectivity index (χ0n) is 8.76. The summed E-state index contributed by atoms with van der Waals surface area (Å²) >= 11 is 0. The smallest absolute Gasteiger partial charge is 0.217 e. The van der Waals surface area contributed by atoms with Crippen LogP contribution in [0.4, 0.5) is 10.2 Å². The highest BCUT2D eigenvalue weighted by Gasteiger charge is 2.03. The summed E-state index contributed by atoms with van der Waals surface area (Å²) in [5, 5.41) is 10.7. The summed E-state index contributed by atoms with van der Waals surface area (Å²) in [4.78, 5) is 7.24. The fourth-order valence-electron chi connectivity index (χ4n) is 1.28. The van der Waals surface area contributed by atoms with E-state index in [1.54, 1.807) is 6.33 Å². The molecule has 0 fully saturated rings. The predicted octanol–water partition coefficient (Wildman–Crippen LogP) is 0.839. The van der Waals surface area contributed by atoms with Crippen LogP contribution in [0.15, 0.2) is 18.7 Å². The molecule has 6 nitrogen and oxygen atoms in total. The Morgan fingerprint density at radius 3 is 3.06 bits per heavy atom. The van der Waals surface area contributed by atoms with Crippen LogP contribution < -0.4 is 5.32 Å². The van der Waals surface area contributed by atoms with Gasteiger partial charge in [-0.1, -0.05) is 0 Å². The predicted molar refractivity (Wildman–Crippen MR) is 55.0 cm³/mol. The minimum Gasteiger partial charge on any atom is -0.363 e. The lowest BCUT2D eigenvalue weighted by molar-refractivity contribution is 0.580. The summed E-state index contributed by atoms with van der Waals surface area (Å²) in [5.41, 5.74) is 0. The van der Waals surface area contributed by atoms with Crippen LogP contribution in [0.1, 0.15) is 12.7 Å². The fourth-order valence-corrected chi connectivity index (χ4v) is 1.28. The van der Waals surface area contributed by atoms with Crippen molar-refractivity contribution in [1.82, 2.24) is 24.7 Å². The van der Waals surface area contributed by atoms with Crippen molar-refractivity contribution in [2.45, 2.75) is 20.0 Å². The molecule has 7 heteroatoms. The molecular weight excluding hydrogens is 211 g/mol. The van der Waals surface area contributed by atoms with Crippen molar-refractivity contribution in [2.24, 2.45) is 0 Å². The second-order valence-corrected chi connectivity index (χ2v) is 3.11. The van der Waals surface area contributed by atoms with Gasteiger partial charge in [-0.05, 0) is 6.92 Å². The Labute approximate surface area is 91.6 Å². The third-order valence-electron chi connectivity index (χ3n) is 2.10. The Hall–Kier alpha value is -2.05. The number of aryl methyl sites for hydroxylation is 1. The summed E-state index contributed by atoms with van der Waals surface area (Å²) in [6.45, 7) is 3.24. The van der Waals surface area contributed by atoms with Gasteiger partial charge in [-0.2, -0.15) is 4.39 Å². The Morgan fingerprint density at radius 2 is 2.31 bits per heavy atom. The number of nitrogens with one attached hydrogen (secondary N) is 1. The van der Waals surface area contributed by atoms with Crippen LogP contribution in [0.25, 0.3) is 0 Å². The van der Waals surface area contributed by atoms with Crippen molar-refractivity contribution >= 4 is 5.82 Å². The highest BCUT2D eigenvalue weighted by atomic mass is 19.1. The monoisotopic (exact) mass is 222 g/mol. The number of hydrogen-bond acceptors (Lipinski definition) is 5. The minimum absolute atomic E-state index is 0.429. The van der Waals surface area contributed by atoms with E-state index < -0.39 is 5.95 Å². The van der Waals surface area contributed by atoms with Crippen molar-refractivity contribution in [2.75, 3.05) is 5.32 Å². The summed E-state index contributed by atoms with van der Waals surface area (Å²) in [5.74, 6) is 0.647. The summed E-state index contributed by atoms with van der Waals surface area (Å²) < 4.78 is 14.6. The molecule has 0 aliphatic rings. The Balaban J connectivity index is 2.02. The van der Waals surface area contributed by atoms with Gasteiger partial charge in [0.15, 0.2) is 5.82 Å². The second-order valence-electron chi connectivity index (χ2n) is 3.11. The zero-order chi connectivity index (χ0) is 11.4. The van der Waals surface area contributed by atoms with Crippen LogP contribution in [0, 0.1) is 5.95 Å². The van der Waals surface area contributed by atoms with Crippen LogP contribution in [-0.2, 0) is 13.1 Å². The average molecular weight is 222 g/mol. The van der Waals surface area contributed by atoms with E-state index >= 15 is 0 Å². The third kappa shape index (κ3) is 2.30. The van der Waals surface area contributed by atoms with Crippen LogP contribution in [-0.4, -0.2) is 24.7 Å². The van der Waals surface area contributed by atoms with Crippen LogP contribution >= 0.6 is 0 Å². The summed E-state index contributed by atoms with van der Waals surface area (Å²) in [7, 11) is 0. The zero-order valence-corrected chi connectivity index (χ0v) is 8.76. The standard InChI is InChI=1S/C9H11FN6/c1-2-16-6-14-15-9(16)4-11-8-3-7(10)12-5-13-8/h3,5-6H,2,4H2,1H3,(H,11,12,13). The second kappa shape index (κ2) is 4.65. The lowest BCUT2D eigenvalue weighted by atomic mass is 10.5. The average Bonchev–Trinajstić information content (AvgIpc) is 2.74. The normalized spacial score (nSPS) is 10.4. The molecule has 0 saturated heterocycles. The molecule has 2 aromatic heterocycles. The topological polar surface area (TPSA) is 68.5 Å². The van der Waals surface area contributed by atoms with Crippen molar-refractivity contribution in [3.8, 4) is 0 Å². The Kier molecular flexibility index (Phi) is 3.04. The van der Waals surface area contributed by atoms with Gasteiger partial charge in [-0.25, -0.2) is 9.97 Å². The quantitative estimate of drug-likeness (QED) is 0.776. The van der Waals surface area contributed by atoms with E-state index in [0.29, 0.717) is 12.4 Å². The molecule has 2 heterocycles. The van der Waals surface area contributed by atoms with Gasteiger partial charge in [0.25, 0.3) is 0 Å². The summed E-state index contributed by atoms with van der Waals surface area (Å²) in [6.07, 6.45) is 2.82. The van der Waals surface area contributed by atoms with E-state index in [1.807, 2.05) is 11.5 Å². The number of anilines is 1. The maximum Gasteiger partial charge on any atom is 0.217 e. The SMILES string of the molecule is CCn1cnnc1CNc1cc(F)ncn1. The maximum absolute atomic E-state index is 12.8. The molecule has 2 rings (SSSR count). The first-order valence-corrected chi connectivity index (χ1v) is 4.87. The molecule has 84 valence electrons. The molecule has 0 saturated carbocycles. The van der Waals surface area contributed by atoms with Crippen molar-refractivity contribution < 1.29 is 4.39 Å². The molecule has 0 spiro atoms. The molecule has 1 N–H and O–H groups in total. The van der Waals surface area contributed by atoms with Crippen LogP contribution in [0.2, 0.25) is 0 Å². The Bertz CT molecular complexity index is 469. The van der Waals surface area contributed by atoms with Crippen molar-refractivity contribution in [1.29, 1.82) is 0 Å². The number of nitrogens with zero attached hydrogens (tertiary/aromatic N) is 5. The van der Waals surface area contributed by atoms with Crippen LogP contribution in [0.3, 0.4) is 0 Å². The molecule has 0 aromatic carbocycles. The molecule has 0 aliphatic heterocycles. The number of aromatic nitrogens is 5. The molecule has 0 aliphatic carbocycles. The highest BCUT2D eigenvalue weighted by Crippen LogP contribution is 2.04. The minimum atomic E-state index is -0.561. The number of halogens is 1. The molecule has 2 aromatic rings. The lowest BCUT2D eigenvalue weighted by Crippen LogP contribution is -2.08. The van der Waals surface area contributed by atoms with Crippen molar-refractivity contribution in [3.05, 3.63) is 30.5 Å². The molecule has 0 bridgehead atoms. The van der Waals surface area contributed by atoms with E-state index in [9.17, 15) is 4.39 Å². The van der Waals surface area contributed by atoms with Gasteiger partial charge in [0.1, 0.15) is 18.5 Å². The van der Waals surface area contributed by atoms with Gasteiger partial charge in [0.2, 0.25) is 5.95 Å². The van der Waals surface area contributed by atoms with Gasteiger partial charge < -0.3 is 9.88 Å². The van der Waals surface area contributed by atoms with Gasteiger partial charge in [-0.15, -0.1) is 10.2 Å². The molecule has 0 amide bonds. The first kappa shape index (κ1) is 10.5. The van der Waals surface area contributed by atoms with E-state index in [0.717, 1.165) is 12.4 Å². The van der Waals surface area contributed by atoms with Gasteiger partial charge >= 0.3 is 0 Å². The van der Waals surface area contributed by atoms with Gasteiger partial charge in [0.05, 0.1) is 6.54 Å².